The van der Waals surface area contributed by atoms with Crippen LogP contribution in [0.3, 0.4) is 0 Å². The molecule has 0 fully saturated rings. The molecule has 5 aromatic rings. The highest BCUT2D eigenvalue weighted by atomic mass is 32.1. The zero-order valence-corrected chi connectivity index (χ0v) is 19.4. The van der Waals surface area contributed by atoms with Gasteiger partial charge in [-0.05, 0) is 41.3 Å². The van der Waals surface area contributed by atoms with E-state index in [4.69, 9.17) is 14.1 Å². The highest BCUT2D eigenvalue weighted by Gasteiger charge is 2.26. The second-order valence-electron chi connectivity index (χ2n) is 8.09. The van der Waals surface area contributed by atoms with Crippen molar-refractivity contribution in [1.29, 1.82) is 0 Å². The first-order valence-corrected chi connectivity index (χ1v) is 11.5. The van der Waals surface area contributed by atoms with Crippen LogP contribution in [0.2, 0.25) is 0 Å². The SMILES string of the molecule is COc1cccc2cc(C(=O)N(Cc3cccnc3)c3nc4c(C(C)C)cccc4s3)oc12. The summed E-state index contributed by atoms with van der Waals surface area (Å²) < 4.78 is 12.4. The summed E-state index contributed by atoms with van der Waals surface area (Å²) in [5.41, 5.74) is 3.55. The van der Waals surface area contributed by atoms with Crippen LogP contribution < -0.4 is 9.64 Å². The van der Waals surface area contributed by atoms with E-state index in [2.05, 4.69) is 24.9 Å². The van der Waals surface area contributed by atoms with Gasteiger partial charge in [0.1, 0.15) is 0 Å². The van der Waals surface area contributed by atoms with Gasteiger partial charge in [-0.3, -0.25) is 14.7 Å². The Morgan fingerprint density at radius 1 is 1.15 bits per heavy atom. The molecule has 166 valence electrons. The lowest BCUT2D eigenvalue weighted by atomic mass is 10.0. The first-order chi connectivity index (χ1) is 16.0. The van der Waals surface area contributed by atoms with E-state index in [9.17, 15) is 4.79 Å². The van der Waals surface area contributed by atoms with E-state index in [1.807, 2.05) is 42.5 Å². The molecule has 3 heterocycles. The van der Waals surface area contributed by atoms with Gasteiger partial charge in [0.15, 0.2) is 22.2 Å². The van der Waals surface area contributed by atoms with Gasteiger partial charge in [0.05, 0.1) is 23.9 Å². The Hall–Kier alpha value is -3.71. The predicted octanol–water partition coefficient (Wildman–Crippen LogP) is 6.42. The lowest BCUT2D eigenvalue weighted by molar-refractivity contribution is 0.0960. The number of hydrogen-bond acceptors (Lipinski definition) is 6. The van der Waals surface area contributed by atoms with Gasteiger partial charge in [-0.1, -0.05) is 55.5 Å². The molecule has 0 radical (unpaired) electrons. The van der Waals surface area contributed by atoms with Crippen LogP contribution in [0.4, 0.5) is 5.13 Å². The van der Waals surface area contributed by atoms with Crippen molar-refractivity contribution in [2.24, 2.45) is 0 Å². The summed E-state index contributed by atoms with van der Waals surface area (Å²) in [5, 5.41) is 1.43. The normalized spacial score (nSPS) is 11.4. The van der Waals surface area contributed by atoms with Crippen molar-refractivity contribution in [3.8, 4) is 5.75 Å². The standard InChI is InChI=1S/C26H23N3O3S/c1-16(2)19-9-5-11-22-23(19)28-26(33-22)29(15-17-7-6-12-27-14-17)25(30)21-13-18-8-4-10-20(31-3)24(18)32-21/h4-14,16H,15H2,1-3H3. The molecule has 3 aromatic heterocycles. The fourth-order valence-corrected chi connectivity index (χ4v) is 4.87. The summed E-state index contributed by atoms with van der Waals surface area (Å²) in [6.07, 6.45) is 3.47. The van der Waals surface area contributed by atoms with Crippen molar-refractivity contribution in [2.45, 2.75) is 26.3 Å². The lowest BCUT2D eigenvalue weighted by Crippen LogP contribution is -2.30. The number of carbonyl (C=O) groups is 1. The first kappa shape index (κ1) is 21.2. The molecule has 0 saturated heterocycles. The van der Waals surface area contributed by atoms with E-state index in [0.29, 0.717) is 28.9 Å². The van der Waals surface area contributed by atoms with Crippen molar-refractivity contribution in [1.82, 2.24) is 9.97 Å². The van der Waals surface area contributed by atoms with Crippen LogP contribution in [-0.2, 0) is 6.54 Å². The number of fused-ring (bicyclic) bond motifs is 2. The number of furan rings is 1. The van der Waals surface area contributed by atoms with Gasteiger partial charge in [0, 0.05) is 17.8 Å². The Kier molecular flexibility index (Phi) is 5.56. The third-order valence-corrected chi connectivity index (χ3v) is 6.58. The molecule has 0 spiro atoms. The van der Waals surface area contributed by atoms with Gasteiger partial charge in [0.2, 0.25) is 0 Å². The molecule has 6 nitrogen and oxygen atoms in total. The van der Waals surface area contributed by atoms with Gasteiger partial charge >= 0.3 is 0 Å². The minimum absolute atomic E-state index is 0.238. The van der Waals surface area contributed by atoms with E-state index in [0.717, 1.165) is 26.7 Å². The smallest absolute Gasteiger partial charge is 0.296 e. The maximum absolute atomic E-state index is 13.8. The van der Waals surface area contributed by atoms with Crippen molar-refractivity contribution >= 4 is 43.6 Å². The number of benzene rings is 2. The van der Waals surface area contributed by atoms with Gasteiger partial charge < -0.3 is 9.15 Å². The van der Waals surface area contributed by atoms with E-state index < -0.39 is 0 Å². The van der Waals surface area contributed by atoms with Crippen LogP contribution in [0.1, 0.15) is 41.4 Å². The van der Waals surface area contributed by atoms with E-state index >= 15 is 0 Å². The van der Waals surface area contributed by atoms with Crippen LogP contribution in [0, 0.1) is 0 Å². The molecule has 1 amide bonds. The zero-order chi connectivity index (χ0) is 22.9. The van der Waals surface area contributed by atoms with E-state index in [1.165, 1.54) is 11.3 Å². The van der Waals surface area contributed by atoms with Gasteiger partial charge in [-0.25, -0.2) is 4.98 Å². The number of ether oxygens (including phenoxy) is 1. The molecule has 0 unspecified atom stereocenters. The topological polar surface area (TPSA) is 68.5 Å². The Morgan fingerprint density at radius 2 is 2.00 bits per heavy atom. The summed E-state index contributed by atoms with van der Waals surface area (Å²) in [5.74, 6) is 0.893. The number of nitrogens with zero attached hydrogens (tertiary/aromatic N) is 3. The minimum atomic E-state index is -0.262. The number of rotatable bonds is 6. The number of hydrogen-bond donors (Lipinski definition) is 0. The number of para-hydroxylation sites is 2. The van der Waals surface area contributed by atoms with Crippen molar-refractivity contribution < 1.29 is 13.9 Å². The number of anilines is 1. The summed E-state index contributed by atoms with van der Waals surface area (Å²) in [4.78, 5) is 24.5. The molecule has 0 aliphatic carbocycles. The van der Waals surface area contributed by atoms with Gasteiger partial charge in [-0.15, -0.1) is 0 Å². The summed E-state index contributed by atoms with van der Waals surface area (Å²) in [6, 6.07) is 17.3. The second kappa shape index (κ2) is 8.67. The number of pyridine rings is 1. The first-order valence-electron chi connectivity index (χ1n) is 10.7. The number of amides is 1. The Bertz CT molecular complexity index is 1440. The zero-order valence-electron chi connectivity index (χ0n) is 18.6. The van der Waals surface area contributed by atoms with Crippen LogP contribution in [0.15, 0.2) is 71.4 Å². The molecule has 2 aromatic carbocycles. The third-order valence-electron chi connectivity index (χ3n) is 5.54. The molecule has 33 heavy (non-hydrogen) atoms. The number of thiazole rings is 1. The Labute approximate surface area is 195 Å². The molecule has 7 heteroatoms. The van der Waals surface area contributed by atoms with Crippen molar-refractivity contribution in [2.75, 3.05) is 12.0 Å². The second-order valence-corrected chi connectivity index (χ2v) is 9.10. The van der Waals surface area contributed by atoms with Crippen LogP contribution in [0.5, 0.6) is 5.75 Å². The monoisotopic (exact) mass is 457 g/mol. The van der Waals surface area contributed by atoms with Crippen LogP contribution in [-0.4, -0.2) is 23.0 Å². The summed E-state index contributed by atoms with van der Waals surface area (Å²) in [6.45, 7) is 4.62. The van der Waals surface area contributed by atoms with E-state index in [1.54, 1.807) is 30.5 Å². The van der Waals surface area contributed by atoms with Crippen LogP contribution >= 0.6 is 11.3 Å². The van der Waals surface area contributed by atoms with Crippen molar-refractivity contribution in [3.05, 3.63) is 83.9 Å². The summed E-state index contributed by atoms with van der Waals surface area (Å²) in [7, 11) is 1.58. The highest BCUT2D eigenvalue weighted by molar-refractivity contribution is 7.22. The number of aromatic nitrogens is 2. The molecule has 0 N–H and O–H groups in total. The Balaban J connectivity index is 1.61. The number of methoxy groups -OCH3 is 1. The van der Waals surface area contributed by atoms with Crippen molar-refractivity contribution in [3.63, 3.8) is 0 Å². The number of carbonyl (C=O) groups excluding carboxylic acids is 1. The molecule has 0 aliphatic rings. The summed E-state index contributed by atoms with van der Waals surface area (Å²) >= 11 is 1.50. The van der Waals surface area contributed by atoms with Gasteiger partial charge in [-0.2, -0.15) is 0 Å². The quantitative estimate of drug-likeness (QED) is 0.294. The molecule has 0 aliphatic heterocycles. The molecular weight excluding hydrogens is 434 g/mol. The maximum Gasteiger partial charge on any atom is 0.296 e. The fourth-order valence-electron chi connectivity index (χ4n) is 3.88. The molecule has 0 atom stereocenters. The average Bonchev–Trinajstić information content (AvgIpc) is 3.46. The highest BCUT2D eigenvalue weighted by Crippen LogP contribution is 2.36. The minimum Gasteiger partial charge on any atom is -0.493 e. The molecule has 5 rings (SSSR count). The largest absolute Gasteiger partial charge is 0.493 e. The van der Waals surface area contributed by atoms with Gasteiger partial charge in [0.25, 0.3) is 5.91 Å². The molecule has 0 bridgehead atoms. The molecule has 0 saturated carbocycles. The predicted molar refractivity (Wildman–Crippen MR) is 131 cm³/mol. The maximum atomic E-state index is 13.8. The van der Waals surface area contributed by atoms with E-state index in [-0.39, 0.29) is 11.7 Å². The average molecular weight is 458 g/mol. The van der Waals surface area contributed by atoms with Crippen LogP contribution in [0.25, 0.3) is 21.2 Å². The molecular formula is C26H23N3O3S. The third kappa shape index (κ3) is 3.96. The lowest BCUT2D eigenvalue weighted by Gasteiger charge is -2.18. The Morgan fingerprint density at radius 3 is 2.76 bits per heavy atom. The fraction of sp³-hybridized carbons (Fsp3) is 0.192.